The first-order valence-corrected chi connectivity index (χ1v) is 24.8. The number of pyridine rings is 4. The molecule has 0 radical (unpaired) electrons. The van der Waals surface area contributed by atoms with Crippen molar-refractivity contribution in [1.29, 1.82) is 0 Å². The van der Waals surface area contributed by atoms with Crippen LogP contribution >= 0.6 is 0 Å². The van der Waals surface area contributed by atoms with Gasteiger partial charge in [0.25, 0.3) is 0 Å². The summed E-state index contributed by atoms with van der Waals surface area (Å²) in [6.45, 7) is 2.84. The lowest BCUT2D eigenvalue weighted by atomic mass is 9.97. The maximum absolute atomic E-state index is 14.0. The number of nitrogens with zero attached hydrogens (tertiary/aromatic N) is 4. The van der Waals surface area contributed by atoms with E-state index in [-0.39, 0.29) is 0 Å². The standard InChI is InChI=1S/C61H48F12N5/c1-3-4-5-6-31-74-76-34-29-41(30-35-76)47-38-56(44-11-19-50(20-12-44)60(68,69)70)78(57(39-47)45-13-21-51(22-14-45)61(71,72)73)53-25-23-52(24-26-53)77-54(42-7-15-48(16-8-42)58(62,63)64)36-46(40-27-32-75(2)33-28-40)37-55(77)43-9-17-49(18-10-43)59(65,66)67/h7-30,32-39H,3-6,31H2,1-2H3/q+3/p+1. The highest BCUT2D eigenvalue weighted by Crippen LogP contribution is 2.38. The highest BCUT2D eigenvalue weighted by molar-refractivity contribution is 5.76. The first kappa shape index (κ1) is 54.4. The van der Waals surface area contributed by atoms with Crippen LogP contribution in [0.2, 0.25) is 0 Å². The van der Waals surface area contributed by atoms with Gasteiger partial charge in [-0.2, -0.15) is 67.2 Å². The van der Waals surface area contributed by atoms with Gasteiger partial charge in [0.05, 0.1) is 28.8 Å². The average molecular weight is 1080 g/mol. The fourth-order valence-corrected chi connectivity index (χ4v) is 9.18. The molecule has 0 saturated carbocycles. The van der Waals surface area contributed by atoms with Crippen LogP contribution < -0.4 is 23.8 Å². The lowest BCUT2D eigenvalue weighted by molar-refractivity contribution is -0.671. The molecule has 0 fully saturated rings. The third-order valence-corrected chi connectivity index (χ3v) is 13.3. The highest BCUT2D eigenvalue weighted by atomic mass is 19.4. The van der Waals surface area contributed by atoms with Crippen molar-refractivity contribution in [2.75, 3.05) is 12.0 Å². The molecule has 0 aliphatic rings. The van der Waals surface area contributed by atoms with E-state index in [1.165, 1.54) is 48.5 Å². The van der Waals surface area contributed by atoms with E-state index in [1.807, 2.05) is 43.7 Å². The number of unbranched alkanes of at least 4 members (excludes halogenated alkanes) is 3. The fraction of sp³-hybridized carbons (Fsp3) is 0.180. The molecule has 5 nitrogen and oxygen atoms in total. The number of hydrogen-bond acceptors (Lipinski definition) is 1. The van der Waals surface area contributed by atoms with E-state index in [4.69, 9.17) is 0 Å². The van der Waals surface area contributed by atoms with E-state index in [0.717, 1.165) is 74.2 Å². The average Bonchev–Trinajstić information content (AvgIpc) is 3.51. The van der Waals surface area contributed by atoms with Gasteiger partial charge < -0.3 is 0 Å². The van der Waals surface area contributed by atoms with Gasteiger partial charge in [-0.05, 0) is 126 Å². The molecule has 9 aromatic rings. The van der Waals surface area contributed by atoms with Crippen LogP contribution in [-0.4, -0.2) is 6.54 Å². The summed E-state index contributed by atoms with van der Waals surface area (Å²) in [5, 5.41) is 0. The minimum atomic E-state index is -4.67. The Morgan fingerprint density at radius 1 is 0.333 bits per heavy atom. The zero-order valence-corrected chi connectivity index (χ0v) is 41.8. The SMILES string of the molecule is CCCCCCN[n+]1ccc(-c2cc(-c3ccc(C(F)(F)F)cc3)[n+](-c3ccc(-[n+]4c(-c5ccc(C(F)(F)F)cc5)cc(-c5cc[n+](C)cc5)cc4-c4ccc(C(F)(F)F)cc4)cc3)c(-c3ccc(C(F)(F)F)cc3)c2)cc1. The second kappa shape index (κ2) is 22.0. The van der Waals surface area contributed by atoms with Crippen LogP contribution in [0.3, 0.4) is 0 Å². The Morgan fingerprint density at radius 2 is 0.628 bits per heavy atom. The minimum Gasteiger partial charge on any atom is -0.208 e. The molecular weight excluding hydrogens is 1030 g/mol. The Hall–Kier alpha value is -8.34. The Labute approximate surface area is 441 Å². The summed E-state index contributed by atoms with van der Waals surface area (Å²) in [7, 11) is 1.81. The fourth-order valence-electron chi connectivity index (χ4n) is 9.18. The number of aryl methyl sites for hydroxylation is 1. The van der Waals surface area contributed by atoms with Crippen LogP contribution in [0.1, 0.15) is 54.9 Å². The topological polar surface area (TPSA) is 27.5 Å². The van der Waals surface area contributed by atoms with Crippen molar-refractivity contribution in [3.05, 3.63) is 217 Å². The summed E-state index contributed by atoms with van der Waals surface area (Å²) >= 11 is 0. The molecule has 0 atom stereocenters. The van der Waals surface area contributed by atoms with Crippen molar-refractivity contribution >= 4 is 0 Å². The number of rotatable bonds is 14. The van der Waals surface area contributed by atoms with E-state index < -0.39 is 47.0 Å². The Kier molecular flexibility index (Phi) is 15.3. The lowest BCUT2D eigenvalue weighted by Gasteiger charge is -2.15. The molecule has 0 amide bonds. The Balaban J connectivity index is 1.27. The van der Waals surface area contributed by atoms with Crippen molar-refractivity contribution < 1.29 is 71.1 Å². The molecular formula is C61H49F12N5+4. The largest absolute Gasteiger partial charge is 0.416 e. The van der Waals surface area contributed by atoms with Crippen LogP contribution in [-0.2, 0) is 31.8 Å². The van der Waals surface area contributed by atoms with Crippen LogP contribution in [0.15, 0.2) is 195 Å². The van der Waals surface area contributed by atoms with Gasteiger partial charge >= 0.3 is 24.7 Å². The molecule has 0 bridgehead atoms. The van der Waals surface area contributed by atoms with Gasteiger partial charge in [-0.3, -0.25) is 0 Å². The van der Waals surface area contributed by atoms with Crippen molar-refractivity contribution in [3.63, 3.8) is 0 Å². The smallest absolute Gasteiger partial charge is 0.208 e. The third kappa shape index (κ3) is 12.3. The van der Waals surface area contributed by atoms with Crippen molar-refractivity contribution in [2.24, 2.45) is 7.05 Å². The Morgan fingerprint density at radius 3 is 0.910 bits per heavy atom. The maximum Gasteiger partial charge on any atom is 0.416 e. The normalized spacial score (nSPS) is 12.2. The predicted octanol–water partition coefficient (Wildman–Crippen LogP) is 15.6. The Bertz CT molecular complexity index is 3360. The quantitative estimate of drug-likeness (QED) is 0.0656. The van der Waals surface area contributed by atoms with Crippen molar-refractivity contribution in [3.8, 4) is 78.7 Å². The van der Waals surface area contributed by atoms with Crippen LogP contribution in [0, 0.1) is 0 Å². The molecule has 17 heteroatoms. The van der Waals surface area contributed by atoms with Crippen LogP contribution in [0.5, 0.6) is 0 Å². The van der Waals surface area contributed by atoms with Crippen LogP contribution in [0.25, 0.3) is 78.7 Å². The van der Waals surface area contributed by atoms with E-state index in [1.54, 1.807) is 79.3 Å². The van der Waals surface area contributed by atoms with Gasteiger partial charge in [-0.1, -0.05) is 30.9 Å². The zero-order chi connectivity index (χ0) is 55.6. The van der Waals surface area contributed by atoms with Gasteiger partial charge in [0.2, 0.25) is 34.2 Å². The summed E-state index contributed by atoms with van der Waals surface area (Å²) in [5.74, 6) is 0. The molecule has 398 valence electrons. The zero-order valence-electron chi connectivity index (χ0n) is 41.8. The lowest BCUT2D eigenvalue weighted by Crippen LogP contribution is -2.44. The summed E-state index contributed by atoms with van der Waals surface area (Å²) in [4.78, 5) is 0. The molecule has 0 unspecified atom stereocenters. The highest BCUT2D eigenvalue weighted by Gasteiger charge is 2.36. The molecule has 1 N–H and O–H groups in total. The minimum absolute atomic E-state index is 0.315. The van der Waals surface area contributed by atoms with Gasteiger partial charge in [-0.15, -0.1) is 0 Å². The van der Waals surface area contributed by atoms with Gasteiger partial charge in [0, 0.05) is 95.1 Å². The molecule has 9 rings (SSSR count). The maximum atomic E-state index is 14.0. The molecule has 0 aliphatic carbocycles. The summed E-state index contributed by atoms with van der Waals surface area (Å²) < 4.78 is 175. The number of hydrogen-bond donors (Lipinski definition) is 1. The first-order valence-electron chi connectivity index (χ1n) is 24.8. The predicted molar refractivity (Wildman–Crippen MR) is 272 cm³/mol. The molecule has 0 spiro atoms. The van der Waals surface area contributed by atoms with E-state index in [9.17, 15) is 52.7 Å². The number of benzene rings is 5. The summed E-state index contributed by atoms with van der Waals surface area (Å²) in [5.41, 5.74) is 5.65. The molecule has 4 aromatic heterocycles. The van der Waals surface area contributed by atoms with Gasteiger partial charge in [0.15, 0.2) is 24.8 Å². The number of nitrogens with one attached hydrogen (secondary N) is 1. The summed E-state index contributed by atoms with van der Waals surface area (Å²) in [6.07, 6.45) is -7.28. The molecule has 5 aromatic carbocycles. The van der Waals surface area contributed by atoms with Crippen molar-refractivity contribution in [2.45, 2.75) is 57.3 Å². The number of aromatic nitrogens is 4. The van der Waals surface area contributed by atoms with E-state index >= 15 is 0 Å². The third-order valence-electron chi connectivity index (χ3n) is 13.3. The van der Waals surface area contributed by atoms with Gasteiger partial charge in [0.1, 0.15) is 7.05 Å². The monoisotopic (exact) mass is 1080 g/mol. The number of halogens is 12. The van der Waals surface area contributed by atoms with Crippen LogP contribution in [0.4, 0.5) is 52.7 Å². The first-order chi connectivity index (χ1) is 37.0. The molecule has 78 heavy (non-hydrogen) atoms. The van der Waals surface area contributed by atoms with E-state index in [0.29, 0.717) is 85.2 Å². The second-order valence-electron chi connectivity index (χ2n) is 18.7. The van der Waals surface area contributed by atoms with E-state index in [2.05, 4.69) is 12.3 Å². The second-order valence-corrected chi connectivity index (χ2v) is 18.7. The van der Waals surface area contributed by atoms with Gasteiger partial charge in [-0.25, -0.2) is 4.57 Å². The van der Waals surface area contributed by atoms with Crippen molar-refractivity contribution in [1.82, 2.24) is 0 Å². The number of alkyl halides is 12. The summed E-state index contributed by atoms with van der Waals surface area (Å²) in [6, 6.07) is 38.9. The molecule has 0 aliphatic heterocycles. The molecule has 4 heterocycles. The molecule has 0 saturated heterocycles.